The quantitative estimate of drug-likeness (QED) is 0.511. The first kappa shape index (κ1) is 19.8. The second kappa shape index (κ2) is 8.12. The molecular formula is C23H21N3O3S. The van der Waals surface area contributed by atoms with Crippen LogP contribution in [0.25, 0.3) is 21.3 Å². The molecule has 4 rings (SSSR count). The Morgan fingerprint density at radius 1 is 1.13 bits per heavy atom. The molecular weight excluding hydrogens is 398 g/mol. The van der Waals surface area contributed by atoms with Crippen LogP contribution >= 0.6 is 11.3 Å². The van der Waals surface area contributed by atoms with Crippen molar-refractivity contribution < 1.29 is 9.53 Å². The first-order chi connectivity index (χ1) is 14.5. The van der Waals surface area contributed by atoms with Crippen molar-refractivity contribution in [1.29, 1.82) is 0 Å². The van der Waals surface area contributed by atoms with E-state index in [1.807, 2.05) is 36.6 Å². The van der Waals surface area contributed by atoms with E-state index < -0.39 is 6.04 Å². The van der Waals surface area contributed by atoms with E-state index in [0.717, 1.165) is 16.7 Å². The fourth-order valence-corrected chi connectivity index (χ4v) is 4.12. The predicted octanol–water partition coefficient (Wildman–Crippen LogP) is 4.64. The number of ether oxygens (including phenoxy) is 1. The maximum Gasteiger partial charge on any atom is 0.263 e. The van der Waals surface area contributed by atoms with Crippen LogP contribution in [0.5, 0.6) is 5.75 Å². The molecule has 0 fully saturated rings. The number of nitrogens with one attached hydrogen (secondary N) is 1. The number of rotatable bonds is 5. The van der Waals surface area contributed by atoms with E-state index >= 15 is 0 Å². The molecule has 2 heterocycles. The number of carbonyl (C=O) groups is 1. The predicted molar refractivity (Wildman–Crippen MR) is 120 cm³/mol. The highest BCUT2D eigenvalue weighted by Gasteiger charge is 2.20. The van der Waals surface area contributed by atoms with Gasteiger partial charge in [-0.05, 0) is 43.7 Å². The summed E-state index contributed by atoms with van der Waals surface area (Å²) >= 11 is 1.43. The van der Waals surface area contributed by atoms with Crippen molar-refractivity contribution in [1.82, 2.24) is 9.55 Å². The second-order valence-corrected chi connectivity index (χ2v) is 7.90. The molecule has 0 radical (unpaired) electrons. The molecule has 0 saturated carbocycles. The SMILES string of the molecule is COc1ccc(NC(=O)[C@H](C)n2cnc3scc(-c4ccc(C)cc4)c3c2=O)cc1. The van der Waals surface area contributed by atoms with Crippen molar-refractivity contribution in [3.05, 3.63) is 76.2 Å². The Bertz CT molecular complexity index is 1260. The molecule has 0 spiro atoms. The van der Waals surface area contributed by atoms with Gasteiger partial charge in [-0.25, -0.2) is 4.98 Å². The molecule has 7 heteroatoms. The second-order valence-electron chi connectivity index (χ2n) is 7.05. The van der Waals surface area contributed by atoms with E-state index in [1.54, 1.807) is 38.3 Å². The summed E-state index contributed by atoms with van der Waals surface area (Å²) in [6.07, 6.45) is 1.44. The van der Waals surface area contributed by atoms with Gasteiger partial charge in [0.15, 0.2) is 0 Å². The molecule has 152 valence electrons. The van der Waals surface area contributed by atoms with E-state index in [0.29, 0.717) is 21.7 Å². The monoisotopic (exact) mass is 419 g/mol. The first-order valence-electron chi connectivity index (χ1n) is 9.48. The Hall–Kier alpha value is -3.45. The van der Waals surface area contributed by atoms with E-state index in [4.69, 9.17) is 4.74 Å². The van der Waals surface area contributed by atoms with Gasteiger partial charge in [-0.3, -0.25) is 14.2 Å². The highest BCUT2D eigenvalue weighted by atomic mass is 32.1. The molecule has 0 aliphatic rings. The number of methoxy groups -OCH3 is 1. The zero-order valence-electron chi connectivity index (χ0n) is 16.9. The minimum absolute atomic E-state index is 0.228. The van der Waals surface area contributed by atoms with Gasteiger partial charge < -0.3 is 10.1 Å². The van der Waals surface area contributed by atoms with Crippen LogP contribution < -0.4 is 15.6 Å². The minimum atomic E-state index is -0.720. The lowest BCUT2D eigenvalue weighted by Crippen LogP contribution is -2.31. The summed E-state index contributed by atoms with van der Waals surface area (Å²) in [5.41, 5.74) is 3.35. The largest absolute Gasteiger partial charge is 0.497 e. The van der Waals surface area contributed by atoms with Gasteiger partial charge in [-0.15, -0.1) is 11.3 Å². The van der Waals surface area contributed by atoms with Gasteiger partial charge >= 0.3 is 0 Å². The normalized spacial score (nSPS) is 12.0. The van der Waals surface area contributed by atoms with E-state index in [2.05, 4.69) is 10.3 Å². The van der Waals surface area contributed by atoms with Crippen molar-refractivity contribution >= 4 is 33.1 Å². The Balaban J connectivity index is 1.67. The minimum Gasteiger partial charge on any atom is -0.497 e. The summed E-state index contributed by atoms with van der Waals surface area (Å²) < 4.78 is 6.51. The van der Waals surface area contributed by atoms with Crippen LogP contribution in [0.4, 0.5) is 5.69 Å². The number of nitrogens with zero attached hydrogens (tertiary/aromatic N) is 2. The summed E-state index contributed by atoms with van der Waals surface area (Å²) in [4.78, 5) is 31.1. The lowest BCUT2D eigenvalue weighted by molar-refractivity contribution is -0.118. The standard InChI is InChI=1S/C23H21N3O3S/c1-14-4-6-16(7-5-14)19-12-30-22-20(19)23(28)26(13-24-22)15(2)21(27)25-17-8-10-18(29-3)11-9-17/h4-13,15H,1-3H3,(H,25,27)/t15-/m0/s1. The third kappa shape index (κ3) is 3.71. The summed E-state index contributed by atoms with van der Waals surface area (Å²) in [5.74, 6) is 0.406. The maximum absolute atomic E-state index is 13.3. The molecule has 1 N–H and O–H groups in total. The van der Waals surface area contributed by atoms with Gasteiger partial charge in [-0.2, -0.15) is 0 Å². The number of aromatic nitrogens is 2. The number of thiophene rings is 1. The van der Waals surface area contributed by atoms with Crippen molar-refractivity contribution in [2.45, 2.75) is 19.9 Å². The van der Waals surface area contributed by atoms with E-state index in [-0.39, 0.29) is 11.5 Å². The molecule has 6 nitrogen and oxygen atoms in total. The molecule has 0 unspecified atom stereocenters. The number of amides is 1. The molecule has 4 aromatic rings. The number of fused-ring (bicyclic) bond motifs is 1. The zero-order chi connectivity index (χ0) is 21.3. The van der Waals surface area contributed by atoms with Crippen LogP contribution in [0, 0.1) is 6.92 Å². The van der Waals surface area contributed by atoms with Gasteiger partial charge in [-0.1, -0.05) is 29.8 Å². The lowest BCUT2D eigenvalue weighted by Gasteiger charge is -2.15. The number of carbonyl (C=O) groups excluding carboxylic acids is 1. The van der Waals surface area contributed by atoms with E-state index in [9.17, 15) is 9.59 Å². The fraction of sp³-hybridized carbons (Fsp3) is 0.174. The Morgan fingerprint density at radius 3 is 2.50 bits per heavy atom. The highest BCUT2D eigenvalue weighted by Crippen LogP contribution is 2.31. The fourth-order valence-electron chi connectivity index (χ4n) is 3.21. The summed E-state index contributed by atoms with van der Waals surface area (Å²) in [6.45, 7) is 3.71. The molecule has 2 aromatic carbocycles. The topological polar surface area (TPSA) is 73.2 Å². The Kier molecular flexibility index (Phi) is 5.37. The van der Waals surface area contributed by atoms with Crippen molar-refractivity contribution in [3.8, 4) is 16.9 Å². The molecule has 1 amide bonds. The molecule has 1 atom stereocenters. The number of aryl methyl sites for hydroxylation is 1. The van der Waals surface area contributed by atoms with Crippen LogP contribution in [-0.4, -0.2) is 22.6 Å². The van der Waals surface area contributed by atoms with Gasteiger partial charge in [0.1, 0.15) is 16.6 Å². The molecule has 0 saturated heterocycles. The number of hydrogen-bond acceptors (Lipinski definition) is 5. The number of benzene rings is 2. The Labute approximate surface area is 177 Å². The molecule has 2 aromatic heterocycles. The van der Waals surface area contributed by atoms with Crippen LogP contribution in [0.15, 0.2) is 65.0 Å². The van der Waals surface area contributed by atoms with Gasteiger partial charge in [0.05, 0.1) is 18.8 Å². The summed E-state index contributed by atoms with van der Waals surface area (Å²) in [5, 5.41) is 5.31. The van der Waals surface area contributed by atoms with E-state index in [1.165, 1.54) is 22.2 Å². The van der Waals surface area contributed by atoms with Gasteiger partial charge in [0, 0.05) is 16.6 Å². The zero-order valence-corrected chi connectivity index (χ0v) is 17.7. The van der Waals surface area contributed by atoms with Gasteiger partial charge in [0.2, 0.25) is 5.91 Å². The molecule has 0 bridgehead atoms. The van der Waals surface area contributed by atoms with Crippen molar-refractivity contribution in [2.24, 2.45) is 0 Å². The van der Waals surface area contributed by atoms with Crippen LogP contribution in [0.3, 0.4) is 0 Å². The van der Waals surface area contributed by atoms with Crippen LogP contribution in [-0.2, 0) is 4.79 Å². The number of hydrogen-bond donors (Lipinski definition) is 1. The molecule has 30 heavy (non-hydrogen) atoms. The van der Waals surface area contributed by atoms with Crippen molar-refractivity contribution in [2.75, 3.05) is 12.4 Å². The summed E-state index contributed by atoms with van der Waals surface area (Å²) in [6, 6.07) is 14.3. The average Bonchev–Trinajstić information content (AvgIpc) is 3.19. The first-order valence-corrected chi connectivity index (χ1v) is 10.4. The summed E-state index contributed by atoms with van der Waals surface area (Å²) in [7, 11) is 1.58. The van der Waals surface area contributed by atoms with Crippen molar-refractivity contribution in [3.63, 3.8) is 0 Å². The number of anilines is 1. The molecule has 0 aliphatic heterocycles. The third-order valence-corrected chi connectivity index (χ3v) is 5.92. The average molecular weight is 420 g/mol. The Morgan fingerprint density at radius 2 is 1.83 bits per heavy atom. The van der Waals surface area contributed by atoms with Crippen LogP contribution in [0.2, 0.25) is 0 Å². The lowest BCUT2D eigenvalue weighted by atomic mass is 10.0. The third-order valence-electron chi connectivity index (χ3n) is 5.04. The smallest absolute Gasteiger partial charge is 0.263 e. The highest BCUT2D eigenvalue weighted by molar-refractivity contribution is 7.17. The van der Waals surface area contributed by atoms with Crippen LogP contribution in [0.1, 0.15) is 18.5 Å². The van der Waals surface area contributed by atoms with Gasteiger partial charge in [0.25, 0.3) is 5.56 Å². The molecule has 0 aliphatic carbocycles. The maximum atomic E-state index is 13.3.